The average molecular weight is 267 g/mol. The van der Waals surface area contributed by atoms with Crippen molar-refractivity contribution in [2.24, 2.45) is 0 Å². The fraction of sp³-hybridized carbons (Fsp3) is 0.182. The molecule has 0 saturated heterocycles. The molecule has 3 nitrogen and oxygen atoms in total. The molecule has 1 aromatic carbocycles. The van der Waals surface area contributed by atoms with E-state index in [4.69, 9.17) is 12.2 Å². The van der Waals surface area contributed by atoms with Crippen molar-refractivity contribution in [1.29, 1.82) is 0 Å². The second-order valence-electron chi connectivity index (χ2n) is 3.10. The highest BCUT2D eigenvalue weighted by atomic mass is 79.9. The van der Waals surface area contributed by atoms with Crippen molar-refractivity contribution in [2.75, 3.05) is 5.73 Å². The molecule has 4 heteroatoms. The van der Waals surface area contributed by atoms with Crippen molar-refractivity contribution < 1.29 is 4.79 Å². The number of terminal acetylenes is 1. The van der Waals surface area contributed by atoms with E-state index in [-0.39, 0.29) is 11.9 Å². The number of halogens is 1. The van der Waals surface area contributed by atoms with Gasteiger partial charge in [0.1, 0.15) is 0 Å². The Hall–Kier alpha value is -1.47. The number of nitrogens with two attached hydrogens (primary N) is 1. The van der Waals surface area contributed by atoms with Crippen LogP contribution in [0.5, 0.6) is 0 Å². The lowest BCUT2D eigenvalue weighted by atomic mass is 10.2. The van der Waals surface area contributed by atoms with Gasteiger partial charge in [-0.05, 0) is 41.1 Å². The molecular weight excluding hydrogens is 256 g/mol. The number of hydrogen-bond donors (Lipinski definition) is 2. The van der Waals surface area contributed by atoms with Gasteiger partial charge in [-0.15, -0.1) is 6.42 Å². The molecule has 0 saturated carbocycles. The van der Waals surface area contributed by atoms with Gasteiger partial charge in [0.15, 0.2) is 0 Å². The number of rotatable bonds is 2. The third kappa shape index (κ3) is 3.00. The Labute approximate surface area is 97.2 Å². The van der Waals surface area contributed by atoms with Crippen LogP contribution in [-0.2, 0) is 0 Å². The van der Waals surface area contributed by atoms with Crippen LogP contribution in [0.3, 0.4) is 0 Å². The van der Waals surface area contributed by atoms with Crippen molar-refractivity contribution in [3.8, 4) is 12.3 Å². The number of amides is 1. The summed E-state index contributed by atoms with van der Waals surface area (Å²) in [5, 5.41) is 2.66. The number of carbonyl (C=O) groups is 1. The third-order valence-corrected chi connectivity index (χ3v) is 2.55. The van der Waals surface area contributed by atoms with E-state index >= 15 is 0 Å². The van der Waals surface area contributed by atoms with E-state index in [2.05, 4.69) is 27.2 Å². The Bertz CT molecular complexity index is 423. The molecule has 15 heavy (non-hydrogen) atoms. The predicted molar refractivity (Wildman–Crippen MR) is 64.3 cm³/mol. The van der Waals surface area contributed by atoms with Crippen LogP contribution in [0.4, 0.5) is 5.69 Å². The zero-order valence-electron chi connectivity index (χ0n) is 8.25. The van der Waals surface area contributed by atoms with Crippen molar-refractivity contribution in [3.63, 3.8) is 0 Å². The van der Waals surface area contributed by atoms with E-state index in [0.717, 1.165) is 0 Å². The minimum Gasteiger partial charge on any atom is -0.398 e. The second-order valence-corrected chi connectivity index (χ2v) is 3.95. The molecular formula is C11H11BrN2O. The lowest BCUT2D eigenvalue weighted by Crippen LogP contribution is -2.31. The molecule has 0 spiro atoms. The van der Waals surface area contributed by atoms with Gasteiger partial charge in [-0.1, -0.05) is 5.92 Å². The highest BCUT2D eigenvalue weighted by Gasteiger charge is 2.08. The van der Waals surface area contributed by atoms with E-state index in [1.165, 1.54) is 0 Å². The molecule has 0 aromatic heterocycles. The van der Waals surface area contributed by atoms with Gasteiger partial charge in [-0.3, -0.25) is 4.79 Å². The van der Waals surface area contributed by atoms with Crippen LogP contribution in [0.15, 0.2) is 22.7 Å². The van der Waals surface area contributed by atoms with Crippen LogP contribution in [0, 0.1) is 12.3 Å². The zero-order valence-corrected chi connectivity index (χ0v) is 9.84. The molecule has 0 bridgehead atoms. The summed E-state index contributed by atoms with van der Waals surface area (Å²) in [5.74, 6) is 2.22. The summed E-state index contributed by atoms with van der Waals surface area (Å²) in [6, 6.07) is 4.69. The molecule has 1 amide bonds. The van der Waals surface area contributed by atoms with E-state index in [9.17, 15) is 4.79 Å². The topological polar surface area (TPSA) is 55.1 Å². The highest BCUT2D eigenvalue weighted by Crippen LogP contribution is 2.20. The van der Waals surface area contributed by atoms with E-state index in [0.29, 0.717) is 15.7 Å². The fourth-order valence-electron chi connectivity index (χ4n) is 0.990. The molecule has 0 heterocycles. The number of benzene rings is 1. The minimum atomic E-state index is -0.283. The molecule has 0 aliphatic carbocycles. The average Bonchev–Trinajstić information content (AvgIpc) is 2.21. The molecule has 0 fully saturated rings. The summed E-state index contributed by atoms with van der Waals surface area (Å²) in [7, 11) is 0. The zero-order chi connectivity index (χ0) is 11.4. The second kappa shape index (κ2) is 4.85. The van der Waals surface area contributed by atoms with Crippen molar-refractivity contribution in [3.05, 3.63) is 28.2 Å². The molecule has 1 aromatic rings. The first-order valence-corrected chi connectivity index (χ1v) is 5.16. The van der Waals surface area contributed by atoms with Gasteiger partial charge in [0.25, 0.3) is 5.91 Å². The normalized spacial score (nSPS) is 11.5. The van der Waals surface area contributed by atoms with Crippen molar-refractivity contribution >= 4 is 27.5 Å². The van der Waals surface area contributed by atoms with Crippen LogP contribution in [0.2, 0.25) is 0 Å². The lowest BCUT2D eigenvalue weighted by Gasteiger charge is -2.08. The maximum absolute atomic E-state index is 11.6. The summed E-state index contributed by atoms with van der Waals surface area (Å²) in [4.78, 5) is 11.6. The smallest absolute Gasteiger partial charge is 0.252 e. The first-order valence-electron chi connectivity index (χ1n) is 4.36. The van der Waals surface area contributed by atoms with Crippen molar-refractivity contribution in [1.82, 2.24) is 5.32 Å². The molecule has 1 unspecified atom stereocenters. The number of anilines is 1. The van der Waals surface area contributed by atoms with Gasteiger partial charge in [0, 0.05) is 15.7 Å². The Morgan fingerprint density at radius 2 is 2.33 bits per heavy atom. The number of hydrogen-bond acceptors (Lipinski definition) is 2. The Kier molecular flexibility index (Phi) is 3.75. The van der Waals surface area contributed by atoms with E-state index in [1.807, 2.05) is 0 Å². The molecule has 0 aliphatic rings. The van der Waals surface area contributed by atoms with Gasteiger partial charge in [0.2, 0.25) is 0 Å². The lowest BCUT2D eigenvalue weighted by molar-refractivity contribution is 0.0948. The quantitative estimate of drug-likeness (QED) is 0.634. The SMILES string of the molecule is C#CC(C)NC(=O)c1ccc(N)c(Br)c1. The van der Waals surface area contributed by atoms with Crippen LogP contribution < -0.4 is 11.1 Å². The van der Waals surface area contributed by atoms with Crippen LogP contribution in [0.25, 0.3) is 0 Å². The molecule has 1 rings (SSSR count). The first kappa shape index (κ1) is 11.6. The van der Waals surface area contributed by atoms with Gasteiger partial charge in [-0.25, -0.2) is 0 Å². The van der Waals surface area contributed by atoms with Crippen LogP contribution in [0.1, 0.15) is 17.3 Å². The maximum atomic E-state index is 11.6. The summed E-state index contributed by atoms with van der Waals surface area (Å²) >= 11 is 3.25. The largest absolute Gasteiger partial charge is 0.398 e. The Morgan fingerprint density at radius 1 is 1.67 bits per heavy atom. The summed E-state index contributed by atoms with van der Waals surface area (Å²) in [6.07, 6.45) is 5.16. The summed E-state index contributed by atoms with van der Waals surface area (Å²) in [6.45, 7) is 1.74. The van der Waals surface area contributed by atoms with E-state index in [1.54, 1.807) is 25.1 Å². The molecule has 78 valence electrons. The first-order chi connectivity index (χ1) is 7.04. The monoisotopic (exact) mass is 266 g/mol. The van der Waals surface area contributed by atoms with Gasteiger partial charge >= 0.3 is 0 Å². The number of nitrogens with one attached hydrogen (secondary N) is 1. The van der Waals surface area contributed by atoms with Crippen LogP contribution in [-0.4, -0.2) is 11.9 Å². The van der Waals surface area contributed by atoms with Gasteiger partial charge < -0.3 is 11.1 Å². The molecule has 1 atom stereocenters. The Balaban J connectivity index is 2.84. The van der Waals surface area contributed by atoms with Gasteiger partial charge in [-0.2, -0.15) is 0 Å². The third-order valence-electron chi connectivity index (χ3n) is 1.86. The molecule has 0 aliphatic heterocycles. The maximum Gasteiger partial charge on any atom is 0.252 e. The fourth-order valence-corrected chi connectivity index (χ4v) is 1.37. The minimum absolute atomic E-state index is 0.207. The number of carbonyl (C=O) groups excluding carboxylic acids is 1. The van der Waals surface area contributed by atoms with Gasteiger partial charge in [0.05, 0.1) is 6.04 Å². The molecule has 3 N–H and O–H groups in total. The standard InChI is InChI=1S/C11H11BrN2O/c1-3-7(2)14-11(15)8-4-5-10(13)9(12)6-8/h1,4-7H,13H2,2H3,(H,14,15). The summed E-state index contributed by atoms with van der Waals surface area (Å²) in [5.41, 5.74) is 6.73. The predicted octanol–water partition coefficient (Wildman–Crippen LogP) is 1.78. The van der Waals surface area contributed by atoms with Crippen molar-refractivity contribution in [2.45, 2.75) is 13.0 Å². The highest BCUT2D eigenvalue weighted by molar-refractivity contribution is 9.10. The van der Waals surface area contributed by atoms with Crippen LogP contribution >= 0.6 is 15.9 Å². The number of nitrogen functional groups attached to an aromatic ring is 1. The molecule has 0 radical (unpaired) electrons. The van der Waals surface area contributed by atoms with E-state index < -0.39 is 0 Å². The summed E-state index contributed by atoms with van der Waals surface area (Å²) < 4.78 is 0.698. The Morgan fingerprint density at radius 3 is 2.87 bits per heavy atom.